The Morgan fingerprint density at radius 1 is 0.455 bits per heavy atom. The molecule has 0 aromatic heterocycles. The van der Waals surface area contributed by atoms with Crippen LogP contribution in [0.2, 0.25) is 0 Å². The van der Waals surface area contributed by atoms with E-state index in [-0.39, 0.29) is 0 Å². The first-order valence-electron chi connectivity index (χ1n) is 10.2. The van der Waals surface area contributed by atoms with Crippen molar-refractivity contribution in [2.24, 2.45) is 0 Å². The van der Waals surface area contributed by atoms with E-state index in [1.807, 2.05) is 0 Å². The third-order valence-electron chi connectivity index (χ3n) is 4.60. The van der Waals surface area contributed by atoms with Crippen molar-refractivity contribution < 1.29 is 4.74 Å². The van der Waals surface area contributed by atoms with Gasteiger partial charge in [-0.2, -0.15) is 0 Å². The van der Waals surface area contributed by atoms with Crippen LogP contribution in [0.4, 0.5) is 0 Å². The van der Waals surface area contributed by atoms with Crippen LogP contribution in [0.5, 0.6) is 0 Å². The Kier molecular flexibility index (Phi) is 20.9. The van der Waals surface area contributed by atoms with Gasteiger partial charge in [-0.15, -0.1) is 0 Å². The van der Waals surface area contributed by atoms with Crippen LogP contribution in [0.3, 0.4) is 0 Å². The number of hydrogen-bond donors (Lipinski definition) is 0. The first-order valence-corrected chi connectivity index (χ1v) is 10.2. The average Bonchev–Trinajstić information content (AvgIpc) is 2.54. The van der Waals surface area contributed by atoms with E-state index in [0.29, 0.717) is 6.61 Å². The van der Waals surface area contributed by atoms with E-state index in [0.717, 1.165) is 6.42 Å². The molecule has 3 radical (unpaired) electrons. The molecule has 0 aliphatic heterocycles. The summed E-state index contributed by atoms with van der Waals surface area (Å²) in [7, 11) is 6.60. The van der Waals surface area contributed by atoms with Crippen LogP contribution in [0.25, 0.3) is 0 Å². The second kappa shape index (κ2) is 21.0. The van der Waals surface area contributed by atoms with Gasteiger partial charge in [-0.05, 0) is 6.42 Å². The molecule has 1 heteroatoms. The Balaban J connectivity index is 2.91. The Morgan fingerprint density at radius 2 is 0.727 bits per heavy atom. The Bertz CT molecular complexity index is 159. The summed E-state index contributed by atoms with van der Waals surface area (Å²) in [6.45, 7) is 2.90. The van der Waals surface area contributed by atoms with Crippen LogP contribution in [-0.4, -0.2) is 6.61 Å². The van der Waals surface area contributed by atoms with Crippen molar-refractivity contribution >= 4 is 0 Å². The van der Waals surface area contributed by atoms with Gasteiger partial charge in [-0.3, -0.25) is 0 Å². The standard InChI is InChI=1S/C21H41O/c1-3-4-5-6-7-8-9-10-11-12-13-14-15-16-17-18-19-20-21-22-2/h3-21H2,1H3/i2-11. The van der Waals surface area contributed by atoms with Crippen molar-refractivity contribution in [2.75, 3.05) is 6.61 Å². The third-order valence-corrected chi connectivity index (χ3v) is 4.60. The van der Waals surface area contributed by atoms with Gasteiger partial charge in [0.05, 0.1) is 0 Å². The van der Waals surface area contributed by atoms with Gasteiger partial charge in [-0.25, -0.2) is 0 Å². The Hall–Kier alpha value is -0.0400. The molecule has 1 nitrogen and oxygen atoms in total. The largest absolute Gasteiger partial charge is 0.365 e. The van der Waals surface area contributed by atoms with Gasteiger partial charge in [0.15, 0.2) is 7.11 Å². The maximum absolute atomic E-state index is 6.60. The van der Waals surface area contributed by atoms with E-state index in [4.69, 9.17) is 7.11 Å². The van der Waals surface area contributed by atoms with Crippen LogP contribution in [0, 0.1) is 7.11 Å². The summed E-state index contributed by atoms with van der Waals surface area (Å²) in [6.07, 6.45) is 25.2. The molecule has 0 aliphatic rings. The normalized spacial score (nSPS) is 11.2. The molecule has 131 valence electrons. The molecule has 0 heterocycles. The molecule has 0 spiro atoms. The smallest absolute Gasteiger partial charge is 0.173 e. The number of unbranched alkanes of at least 4 members (excludes halogenated alkanes) is 17. The number of ether oxygens (including phenoxy) is 1. The van der Waals surface area contributed by atoms with Crippen LogP contribution >= 0.6 is 0 Å². The van der Waals surface area contributed by atoms with Crippen molar-refractivity contribution in [1.82, 2.24) is 0 Å². The monoisotopic (exact) mass is 298 g/mol. The molecule has 0 aromatic carbocycles. The molecule has 0 amide bonds. The van der Waals surface area contributed by atoms with Crippen molar-refractivity contribution in [3.63, 3.8) is 0 Å². The van der Waals surface area contributed by atoms with Crippen molar-refractivity contribution in [3.8, 4) is 0 Å². The van der Waals surface area contributed by atoms with Crippen LogP contribution in [0.15, 0.2) is 0 Å². The molecule has 0 bridgehead atoms. The van der Waals surface area contributed by atoms with E-state index in [1.165, 1.54) is 109 Å². The number of hydrogen-bond acceptors (Lipinski definition) is 1. The quantitative estimate of drug-likeness (QED) is 0.223. The lowest BCUT2D eigenvalue weighted by Crippen LogP contribution is -1.87. The summed E-state index contributed by atoms with van der Waals surface area (Å²) in [4.78, 5) is 0. The Morgan fingerprint density at radius 3 is 1.00 bits per heavy atom. The maximum atomic E-state index is 6.60. The highest BCUT2D eigenvalue weighted by Crippen LogP contribution is 2.14. The molecule has 0 saturated heterocycles. The molecule has 0 N–H and O–H groups in total. The Labute approximate surface area is 141 Å². The van der Waals surface area contributed by atoms with Gasteiger partial charge in [0.1, 0.15) is 0 Å². The van der Waals surface area contributed by atoms with Crippen LogP contribution in [-0.2, 0) is 4.74 Å². The van der Waals surface area contributed by atoms with Gasteiger partial charge >= 0.3 is 0 Å². The minimum atomic E-state index is 0.610. The van der Waals surface area contributed by atoms with E-state index in [9.17, 15) is 0 Å². The molecular weight excluding hydrogens is 257 g/mol. The zero-order valence-corrected chi connectivity index (χ0v) is 15.3. The fraction of sp³-hybridized carbons (Fsp3) is 0.952. The summed E-state index contributed by atoms with van der Waals surface area (Å²) in [5, 5.41) is 0. The second-order valence-electron chi connectivity index (χ2n) is 6.86. The fourth-order valence-electron chi connectivity index (χ4n) is 3.08. The zero-order valence-electron chi connectivity index (χ0n) is 15.3. The first kappa shape index (κ1) is 22.0. The molecule has 0 rings (SSSR count). The molecule has 0 aliphatic carbocycles. The highest BCUT2D eigenvalue weighted by molar-refractivity contribution is 4.50. The lowest BCUT2D eigenvalue weighted by molar-refractivity contribution is 0.233. The zero-order chi connectivity index (χ0) is 16.1. The van der Waals surface area contributed by atoms with E-state index in [2.05, 4.69) is 11.7 Å². The van der Waals surface area contributed by atoms with Crippen molar-refractivity contribution in [1.29, 1.82) is 0 Å². The second-order valence-corrected chi connectivity index (χ2v) is 6.86. The van der Waals surface area contributed by atoms with Crippen LogP contribution in [0.1, 0.15) is 122 Å². The topological polar surface area (TPSA) is 9.23 Å². The molecule has 22 heavy (non-hydrogen) atoms. The lowest BCUT2D eigenvalue weighted by atomic mass is 0.933. The molecule has 0 saturated carbocycles. The minimum absolute atomic E-state index is 0.610. The van der Waals surface area contributed by atoms with E-state index >= 15 is 0 Å². The van der Waals surface area contributed by atoms with Gasteiger partial charge in [-0.1, -0.05) is 116 Å². The summed E-state index contributed by atoms with van der Waals surface area (Å²) in [6, 6.07) is 0. The first-order chi connectivity index (χ1) is 10.9. The van der Waals surface area contributed by atoms with E-state index in [1.54, 1.807) is 0 Å². The summed E-state index contributed by atoms with van der Waals surface area (Å²) in [5.41, 5.74) is 0. The van der Waals surface area contributed by atoms with Gasteiger partial charge in [0, 0.05) is 6.61 Å². The van der Waals surface area contributed by atoms with Crippen molar-refractivity contribution in [2.45, 2.75) is 122 Å². The van der Waals surface area contributed by atoms with Gasteiger partial charge in [0.2, 0.25) is 0 Å². The maximum Gasteiger partial charge on any atom is 0.173 e. The van der Waals surface area contributed by atoms with Gasteiger partial charge in [0.25, 0.3) is 0 Å². The molecule has 0 unspecified atom stereocenters. The predicted octanol–water partition coefficient (Wildman–Crippen LogP) is 7.59. The summed E-state index contributed by atoms with van der Waals surface area (Å²) < 4.78 is 4.32. The fourth-order valence-corrected chi connectivity index (χ4v) is 3.08. The SMILES string of the molecule is CCCCCCCCCCCCCCCCCCCCO[1C]. The predicted molar refractivity (Wildman–Crippen MR) is 98.0 cm³/mol. The third kappa shape index (κ3) is 20.0. The van der Waals surface area contributed by atoms with Crippen molar-refractivity contribution in [3.05, 3.63) is 7.11 Å². The highest BCUT2D eigenvalue weighted by atomic mass is 16.3. The lowest BCUT2D eigenvalue weighted by Gasteiger charge is -2.03. The molecular formula is C21H41O. The van der Waals surface area contributed by atoms with Gasteiger partial charge < -0.3 is 4.74 Å². The average molecular weight is 299 g/mol. The molecule has 0 aromatic rings. The molecule has 0 fully saturated rings. The minimum Gasteiger partial charge on any atom is -0.365 e. The summed E-state index contributed by atoms with van der Waals surface area (Å²) >= 11 is 0. The number of rotatable bonds is 19. The van der Waals surface area contributed by atoms with Crippen LogP contribution < -0.4 is 0 Å². The summed E-state index contributed by atoms with van der Waals surface area (Å²) in [5.74, 6) is 0. The van der Waals surface area contributed by atoms with E-state index < -0.39 is 0 Å². The highest BCUT2D eigenvalue weighted by Gasteiger charge is 1.94. The molecule has 0 atom stereocenters.